The molecular formula is C21H28N2O3S. The van der Waals surface area contributed by atoms with Gasteiger partial charge in [0.05, 0.1) is 16.1 Å². The number of para-hydroxylation sites is 1. The maximum absolute atomic E-state index is 12.6. The van der Waals surface area contributed by atoms with E-state index in [2.05, 4.69) is 23.9 Å². The Balaban J connectivity index is 2.12. The Morgan fingerprint density at radius 3 is 2.33 bits per heavy atom. The molecule has 6 heteroatoms. The van der Waals surface area contributed by atoms with Gasteiger partial charge in [-0.2, -0.15) is 0 Å². The Labute approximate surface area is 162 Å². The lowest BCUT2D eigenvalue weighted by Crippen LogP contribution is -2.30. The normalized spacial score (nSPS) is 12.4. The van der Waals surface area contributed by atoms with Crippen LogP contribution in [0.1, 0.15) is 49.9 Å². The van der Waals surface area contributed by atoms with Gasteiger partial charge < -0.3 is 5.32 Å². The first-order valence-corrected chi connectivity index (χ1v) is 10.9. The van der Waals surface area contributed by atoms with E-state index in [1.54, 1.807) is 42.5 Å². The van der Waals surface area contributed by atoms with Gasteiger partial charge in [0, 0.05) is 6.54 Å². The van der Waals surface area contributed by atoms with Gasteiger partial charge in [0.1, 0.15) is 0 Å². The van der Waals surface area contributed by atoms with Crippen molar-refractivity contribution in [3.8, 4) is 0 Å². The highest BCUT2D eigenvalue weighted by Crippen LogP contribution is 2.20. The third-order valence-electron chi connectivity index (χ3n) is 4.56. The van der Waals surface area contributed by atoms with Crippen molar-refractivity contribution in [2.45, 2.75) is 44.4 Å². The summed E-state index contributed by atoms with van der Waals surface area (Å²) in [7, 11) is -3.75. The van der Waals surface area contributed by atoms with Gasteiger partial charge >= 0.3 is 0 Å². The maximum Gasteiger partial charge on any atom is 0.261 e. The highest BCUT2D eigenvalue weighted by atomic mass is 32.2. The summed E-state index contributed by atoms with van der Waals surface area (Å²) in [5, 5.41) is 2.95. The molecule has 146 valence electrons. The Hall–Kier alpha value is -2.34. The van der Waals surface area contributed by atoms with E-state index in [9.17, 15) is 13.2 Å². The predicted octanol–water partition coefficient (Wildman–Crippen LogP) is 4.43. The molecule has 0 heterocycles. The van der Waals surface area contributed by atoms with E-state index in [-0.39, 0.29) is 16.5 Å². The van der Waals surface area contributed by atoms with E-state index in [4.69, 9.17) is 0 Å². The van der Waals surface area contributed by atoms with Gasteiger partial charge in [0.25, 0.3) is 15.9 Å². The van der Waals surface area contributed by atoms with Crippen molar-refractivity contribution in [2.75, 3.05) is 11.3 Å². The number of benzene rings is 2. The Kier molecular flexibility index (Phi) is 7.85. The minimum Gasteiger partial charge on any atom is -0.352 e. The van der Waals surface area contributed by atoms with E-state index in [1.165, 1.54) is 12.1 Å². The van der Waals surface area contributed by atoms with Crippen molar-refractivity contribution in [1.82, 2.24) is 5.32 Å². The molecule has 1 atom stereocenters. The quantitative estimate of drug-likeness (QED) is 0.632. The SMILES string of the molecule is CCCC[C@@H](CC)CNC(=O)c1ccccc1NS(=O)(=O)c1ccccc1. The number of sulfonamides is 1. The van der Waals surface area contributed by atoms with Gasteiger partial charge in [0.2, 0.25) is 0 Å². The molecule has 0 unspecified atom stereocenters. The third-order valence-corrected chi connectivity index (χ3v) is 5.95. The molecule has 2 aromatic rings. The zero-order valence-electron chi connectivity index (χ0n) is 15.9. The first-order valence-electron chi connectivity index (χ1n) is 9.43. The van der Waals surface area contributed by atoms with Crippen LogP contribution in [0, 0.1) is 5.92 Å². The fourth-order valence-corrected chi connectivity index (χ4v) is 3.95. The number of nitrogens with one attached hydrogen (secondary N) is 2. The number of carbonyl (C=O) groups excluding carboxylic acids is 1. The Morgan fingerprint density at radius 2 is 1.67 bits per heavy atom. The summed E-state index contributed by atoms with van der Waals surface area (Å²) in [5.74, 6) is 0.165. The lowest BCUT2D eigenvalue weighted by atomic mass is 9.99. The number of hydrogen-bond donors (Lipinski definition) is 2. The summed E-state index contributed by atoms with van der Waals surface area (Å²) in [6.07, 6.45) is 4.36. The molecule has 1 amide bonds. The van der Waals surface area contributed by atoms with Gasteiger partial charge in [-0.15, -0.1) is 0 Å². The van der Waals surface area contributed by atoms with Crippen molar-refractivity contribution < 1.29 is 13.2 Å². The standard InChI is InChI=1S/C21H28N2O3S/c1-3-5-11-17(4-2)16-22-21(24)19-14-9-10-15-20(19)23-27(25,26)18-12-7-6-8-13-18/h6-10,12-15,17,23H,3-5,11,16H2,1-2H3,(H,22,24)/t17-/m1/s1. The predicted molar refractivity (Wildman–Crippen MR) is 109 cm³/mol. The van der Waals surface area contributed by atoms with E-state index in [0.29, 0.717) is 18.0 Å². The number of hydrogen-bond acceptors (Lipinski definition) is 3. The molecule has 0 aliphatic carbocycles. The summed E-state index contributed by atoms with van der Waals surface area (Å²) in [5.41, 5.74) is 0.600. The van der Waals surface area contributed by atoms with Crippen LogP contribution in [0.25, 0.3) is 0 Å². The first-order chi connectivity index (χ1) is 13.0. The smallest absolute Gasteiger partial charge is 0.261 e. The second-order valence-electron chi connectivity index (χ2n) is 6.59. The lowest BCUT2D eigenvalue weighted by molar-refractivity contribution is 0.0946. The van der Waals surface area contributed by atoms with Crippen LogP contribution in [0.5, 0.6) is 0 Å². The molecule has 0 fully saturated rings. The molecule has 0 radical (unpaired) electrons. The van der Waals surface area contributed by atoms with Crippen LogP contribution in [0.15, 0.2) is 59.5 Å². The minimum atomic E-state index is -3.75. The van der Waals surface area contributed by atoms with Gasteiger partial charge in [-0.1, -0.05) is 63.4 Å². The van der Waals surface area contributed by atoms with Gasteiger partial charge in [0.15, 0.2) is 0 Å². The van der Waals surface area contributed by atoms with Crippen LogP contribution >= 0.6 is 0 Å². The molecule has 0 bridgehead atoms. The summed E-state index contributed by atoms with van der Waals surface area (Å²) in [6.45, 7) is 4.86. The highest BCUT2D eigenvalue weighted by molar-refractivity contribution is 7.92. The van der Waals surface area contributed by atoms with Crippen molar-refractivity contribution in [1.29, 1.82) is 0 Å². The molecule has 2 N–H and O–H groups in total. The molecule has 0 aliphatic rings. The second kappa shape index (κ2) is 10.1. The highest BCUT2D eigenvalue weighted by Gasteiger charge is 2.18. The van der Waals surface area contributed by atoms with Gasteiger partial charge in [-0.25, -0.2) is 8.42 Å². The molecule has 27 heavy (non-hydrogen) atoms. The van der Waals surface area contributed by atoms with E-state index in [1.807, 2.05) is 0 Å². The average Bonchev–Trinajstić information content (AvgIpc) is 2.69. The van der Waals surface area contributed by atoms with Crippen molar-refractivity contribution in [3.63, 3.8) is 0 Å². The summed E-state index contributed by atoms with van der Waals surface area (Å²) in [6, 6.07) is 14.8. The van der Waals surface area contributed by atoms with Crippen LogP contribution in [-0.2, 0) is 10.0 Å². The monoisotopic (exact) mass is 388 g/mol. The number of anilines is 1. The molecular weight excluding hydrogens is 360 g/mol. The molecule has 2 aromatic carbocycles. The largest absolute Gasteiger partial charge is 0.352 e. The fourth-order valence-electron chi connectivity index (χ4n) is 2.85. The van der Waals surface area contributed by atoms with Gasteiger partial charge in [-0.3, -0.25) is 9.52 Å². The molecule has 0 aromatic heterocycles. The summed E-state index contributed by atoms with van der Waals surface area (Å²) >= 11 is 0. The number of unbranched alkanes of at least 4 members (excludes halogenated alkanes) is 1. The number of amides is 1. The number of rotatable bonds is 10. The van der Waals surface area contributed by atoms with Crippen molar-refractivity contribution >= 4 is 21.6 Å². The van der Waals surface area contributed by atoms with Gasteiger partial charge in [-0.05, 0) is 36.6 Å². The Bertz CT molecular complexity index is 836. The second-order valence-corrected chi connectivity index (χ2v) is 8.27. The third kappa shape index (κ3) is 6.10. The molecule has 0 saturated heterocycles. The first kappa shape index (κ1) is 21.0. The molecule has 0 spiro atoms. The fraction of sp³-hybridized carbons (Fsp3) is 0.381. The molecule has 5 nitrogen and oxygen atoms in total. The van der Waals surface area contributed by atoms with Crippen LogP contribution in [-0.4, -0.2) is 20.9 Å². The zero-order chi connectivity index (χ0) is 19.7. The molecule has 0 saturated carbocycles. The number of carbonyl (C=O) groups is 1. The minimum absolute atomic E-state index is 0.158. The molecule has 0 aliphatic heterocycles. The van der Waals surface area contributed by atoms with Crippen LogP contribution < -0.4 is 10.0 Å². The van der Waals surface area contributed by atoms with E-state index < -0.39 is 10.0 Å². The van der Waals surface area contributed by atoms with E-state index in [0.717, 1.165) is 25.7 Å². The summed E-state index contributed by atoms with van der Waals surface area (Å²) in [4.78, 5) is 12.8. The van der Waals surface area contributed by atoms with Crippen molar-refractivity contribution in [3.05, 3.63) is 60.2 Å². The van der Waals surface area contributed by atoms with E-state index >= 15 is 0 Å². The Morgan fingerprint density at radius 1 is 1.00 bits per heavy atom. The zero-order valence-corrected chi connectivity index (χ0v) is 16.8. The lowest BCUT2D eigenvalue weighted by Gasteiger charge is -2.17. The van der Waals surface area contributed by atoms with Crippen LogP contribution in [0.4, 0.5) is 5.69 Å². The van der Waals surface area contributed by atoms with Crippen LogP contribution in [0.2, 0.25) is 0 Å². The van der Waals surface area contributed by atoms with Crippen LogP contribution in [0.3, 0.4) is 0 Å². The maximum atomic E-state index is 12.6. The summed E-state index contributed by atoms with van der Waals surface area (Å²) < 4.78 is 27.7. The molecule has 2 rings (SSSR count). The van der Waals surface area contributed by atoms with Crippen molar-refractivity contribution in [2.24, 2.45) is 5.92 Å². The average molecular weight is 389 g/mol. The topological polar surface area (TPSA) is 75.3 Å².